The molecule has 0 aliphatic carbocycles. The summed E-state index contributed by atoms with van der Waals surface area (Å²) < 4.78 is 33.2. The predicted molar refractivity (Wildman–Crippen MR) is 158 cm³/mol. The Hall–Kier alpha value is -2.50. The minimum Gasteiger partial charge on any atom is -0.496 e. The number of halogens is 1. The molecule has 0 amide bonds. The number of aromatic amines is 1. The summed E-state index contributed by atoms with van der Waals surface area (Å²) in [5, 5.41) is 12.6. The van der Waals surface area contributed by atoms with Gasteiger partial charge in [0.25, 0.3) is 14.1 Å². The van der Waals surface area contributed by atoms with E-state index in [1.807, 2.05) is 42.0 Å². The highest BCUT2D eigenvalue weighted by molar-refractivity contribution is 7.44. The summed E-state index contributed by atoms with van der Waals surface area (Å²) in [6, 6.07) is 9.74. The topological polar surface area (TPSA) is 124 Å². The first-order valence-electron chi connectivity index (χ1n) is 13.4. The molecule has 3 aromatic rings. The summed E-state index contributed by atoms with van der Waals surface area (Å²) in [7, 11) is 3.59. The van der Waals surface area contributed by atoms with E-state index in [2.05, 4.69) is 4.98 Å². The molecule has 11 nitrogen and oxygen atoms in total. The molecule has 4 atom stereocenters. The van der Waals surface area contributed by atoms with Crippen molar-refractivity contribution in [3.05, 3.63) is 68.5 Å². The van der Waals surface area contributed by atoms with E-state index in [0.29, 0.717) is 29.5 Å². The van der Waals surface area contributed by atoms with Crippen LogP contribution in [0, 0.1) is 6.92 Å². The van der Waals surface area contributed by atoms with Gasteiger partial charge in [-0.25, -0.2) is 9.46 Å². The smallest absolute Gasteiger partial charge is 0.330 e. The van der Waals surface area contributed by atoms with Gasteiger partial charge in [-0.3, -0.25) is 14.3 Å². The molecule has 0 radical (unpaired) electrons. The van der Waals surface area contributed by atoms with Gasteiger partial charge in [0, 0.05) is 46.9 Å². The molecule has 2 heterocycles. The zero-order valence-electron chi connectivity index (χ0n) is 23.7. The van der Waals surface area contributed by atoms with Crippen molar-refractivity contribution in [2.45, 2.75) is 51.2 Å². The van der Waals surface area contributed by atoms with Gasteiger partial charge in [0.05, 0.1) is 33.5 Å². The Bertz CT molecular complexity index is 1430. The maximum atomic E-state index is 12.3. The van der Waals surface area contributed by atoms with Crippen LogP contribution in [0.5, 0.6) is 11.5 Å². The molecule has 0 bridgehead atoms. The molecule has 1 aliphatic heterocycles. The Morgan fingerprint density at radius 3 is 2.63 bits per heavy atom. The van der Waals surface area contributed by atoms with Gasteiger partial charge in [-0.05, 0) is 32.9 Å². The van der Waals surface area contributed by atoms with Gasteiger partial charge >= 0.3 is 5.69 Å². The molecule has 2 aromatic carbocycles. The van der Waals surface area contributed by atoms with Crippen LogP contribution >= 0.6 is 20.1 Å². The van der Waals surface area contributed by atoms with Crippen LogP contribution in [0.2, 0.25) is 0 Å². The number of nitrogens with one attached hydrogen (secondary N) is 1. The summed E-state index contributed by atoms with van der Waals surface area (Å²) in [6.07, 6.45) is 1.03. The summed E-state index contributed by atoms with van der Waals surface area (Å²) in [5.41, 5.74) is 0.131. The van der Waals surface area contributed by atoms with E-state index in [1.54, 1.807) is 21.1 Å². The van der Waals surface area contributed by atoms with Crippen molar-refractivity contribution < 1.29 is 28.4 Å². The van der Waals surface area contributed by atoms with E-state index in [4.69, 9.17) is 34.9 Å². The van der Waals surface area contributed by atoms with Gasteiger partial charge in [0.2, 0.25) is 0 Å². The second-order valence-electron chi connectivity index (χ2n) is 9.81. The zero-order valence-corrected chi connectivity index (χ0v) is 25.3. The van der Waals surface area contributed by atoms with Crippen molar-refractivity contribution in [3.63, 3.8) is 0 Å². The number of aryl methyl sites for hydroxylation is 1. The van der Waals surface area contributed by atoms with Crippen molar-refractivity contribution >= 4 is 30.9 Å². The van der Waals surface area contributed by atoms with Crippen molar-refractivity contribution in [1.82, 2.24) is 14.2 Å². The first-order chi connectivity index (χ1) is 19.8. The van der Waals surface area contributed by atoms with Gasteiger partial charge in [0.15, 0.2) is 0 Å². The zero-order chi connectivity index (χ0) is 29.5. The van der Waals surface area contributed by atoms with Crippen LogP contribution in [0.4, 0.5) is 0 Å². The second kappa shape index (κ2) is 14.6. The third-order valence-corrected chi connectivity index (χ3v) is 8.69. The van der Waals surface area contributed by atoms with E-state index >= 15 is 0 Å². The molecule has 4 rings (SSSR count). The van der Waals surface area contributed by atoms with Gasteiger partial charge in [-0.15, -0.1) is 11.6 Å². The fourth-order valence-electron chi connectivity index (χ4n) is 4.74. The third-order valence-electron chi connectivity index (χ3n) is 6.94. The van der Waals surface area contributed by atoms with Gasteiger partial charge in [-0.2, -0.15) is 0 Å². The number of aliphatic hydroxyl groups is 1. The SMILES string of the molecule is COc1cc(COP(OC[C@H]2O[C@@H](n3cc(C)c(=O)[nH]c3=O)C[C@@H]2O)N(C)CCCCCl)c(OC)c2ccccc12. The summed E-state index contributed by atoms with van der Waals surface area (Å²) in [6.45, 7) is 2.53. The Balaban J connectivity index is 1.49. The summed E-state index contributed by atoms with van der Waals surface area (Å²) >= 11 is 5.88. The molecule has 2 N–H and O–H groups in total. The molecule has 0 spiro atoms. The van der Waals surface area contributed by atoms with E-state index in [9.17, 15) is 14.7 Å². The number of unbranched alkanes of at least 4 members (excludes halogenated alkanes) is 1. The number of benzene rings is 2. The Kier molecular flexibility index (Phi) is 11.2. The number of aliphatic hydroxyl groups excluding tert-OH is 1. The van der Waals surface area contributed by atoms with E-state index in [0.717, 1.165) is 29.2 Å². The minimum absolute atomic E-state index is 0.0402. The number of alkyl halides is 1. The van der Waals surface area contributed by atoms with Crippen LogP contribution in [0.1, 0.15) is 36.6 Å². The fourth-order valence-corrected chi connectivity index (χ4v) is 6.22. The highest BCUT2D eigenvalue weighted by Crippen LogP contribution is 2.45. The van der Waals surface area contributed by atoms with Crippen LogP contribution in [-0.4, -0.2) is 71.8 Å². The average Bonchev–Trinajstić information content (AvgIpc) is 3.34. The second-order valence-corrected chi connectivity index (χ2v) is 11.9. The van der Waals surface area contributed by atoms with E-state index in [1.165, 1.54) is 10.8 Å². The highest BCUT2D eigenvalue weighted by Gasteiger charge is 2.37. The molecule has 224 valence electrons. The number of nitrogens with zero attached hydrogens (tertiary/aromatic N) is 2. The minimum atomic E-state index is -1.57. The molecule has 0 saturated carbocycles. The molecule has 1 fully saturated rings. The monoisotopic (exact) mass is 609 g/mol. The molecule has 1 aromatic heterocycles. The maximum Gasteiger partial charge on any atom is 0.330 e. The number of hydrogen-bond donors (Lipinski definition) is 2. The Morgan fingerprint density at radius 1 is 1.17 bits per heavy atom. The number of hydrogen-bond acceptors (Lipinski definition) is 9. The number of H-pyrrole nitrogens is 1. The lowest BCUT2D eigenvalue weighted by molar-refractivity contribution is -0.0428. The van der Waals surface area contributed by atoms with Crippen LogP contribution in [-0.2, 0) is 20.4 Å². The summed E-state index contributed by atoms with van der Waals surface area (Å²) in [4.78, 5) is 26.4. The van der Waals surface area contributed by atoms with Crippen molar-refractivity contribution in [3.8, 4) is 11.5 Å². The normalized spacial score (nSPS) is 19.6. The van der Waals surface area contributed by atoms with E-state index < -0.39 is 38.2 Å². The number of fused-ring (bicyclic) bond motifs is 1. The van der Waals surface area contributed by atoms with Crippen LogP contribution in [0.25, 0.3) is 10.8 Å². The lowest BCUT2D eigenvalue weighted by Gasteiger charge is -2.28. The number of methoxy groups -OCH3 is 2. The summed E-state index contributed by atoms with van der Waals surface area (Å²) in [5.74, 6) is 1.97. The third kappa shape index (κ3) is 7.48. The quantitative estimate of drug-likeness (QED) is 0.158. The van der Waals surface area contributed by atoms with Crippen molar-refractivity contribution in [1.29, 1.82) is 0 Å². The number of aromatic nitrogens is 2. The van der Waals surface area contributed by atoms with Crippen molar-refractivity contribution in [2.24, 2.45) is 0 Å². The largest absolute Gasteiger partial charge is 0.496 e. The average molecular weight is 610 g/mol. The molecule has 1 saturated heterocycles. The standard InChI is InChI=1S/C28H37ClN3O8P/c1-18-15-32(28(35)30-27(18)34)25-14-22(33)24(40-25)17-39-41(31(2)12-8-7-11-29)38-16-19-13-23(36-3)20-9-5-6-10-21(20)26(19)37-4/h5-6,9-10,13,15,22,24-25,33H,7-8,11-12,14,16-17H2,1-4H3,(H,30,34,35)/t22-,24+,25+,41?/m0/s1. The maximum absolute atomic E-state index is 12.3. The van der Waals surface area contributed by atoms with Gasteiger partial charge < -0.3 is 28.4 Å². The first kappa shape index (κ1) is 31.4. The first-order valence-corrected chi connectivity index (χ1v) is 15.0. The molecular weight excluding hydrogens is 573 g/mol. The highest BCUT2D eigenvalue weighted by atomic mass is 35.5. The lowest BCUT2D eigenvalue weighted by Crippen LogP contribution is -2.33. The predicted octanol–water partition coefficient (Wildman–Crippen LogP) is 4.07. The van der Waals surface area contributed by atoms with Gasteiger partial charge in [-0.1, -0.05) is 24.3 Å². The van der Waals surface area contributed by atoms with E-state index in [-0.39, 0.29) is 19.6 Å². The van der Waals surface area contributed by atoms with Crippen molar-refractivity contribution in [2.75, 3.05) is 40.3 Å². The van der Waals surface area contributed by atoms with Gasteiger partial charge in [0.1, 0.15) is 23.8 Å². The van der Waals surface area contributed by atoms with Crippen LogP contribution in [0.3, 0.4) is 0 Å². The molecule has 1 aliphatic rings. The van der Waals surface area contributed by atoms with Crippen LogP contribution in [0.15, 0.2) is 46.1 Å². The fraction of sp³-hybridized carbons (Fsp3) is 0.500. The molecule has 13 heteroatoms. The molecular formula is C28H37ClN3O8P. The van der Waals surface area contributed by atoms with Crippen LogP contribution < -0.4 is 20.7 Å². The molecule has 41 heavy (non-hydrogen) atoms. The number of ether oxygens (including phenoxy) is 3. The Labute approximate surface area is 244 Å². The lowest BCUT2D eigenvalue weighted by atomic mass is 10.0. The Morgan fingerprint density at radius 2 is 1.93 bits per heavy atom. The molecule has 1 unspecified atom stereocenters. The number of rotatable bonds is 14.